The van der Waals surface area contributed by atoms with Gasteiger partial charge in [0.2, 0.25) is 5.91 Å². The van der Waals surface area contributed by atoms with E-state index in [9.17, 15) is 13.6 Å². The van der Waals surface area contributed by atoms with Crippen LogP contribution >= 0.6 is 36.6 Å². The number of benzene rings is 1. The van der Waals surface area contributed by atoms with Crippen molar-refractivity contribution in [2.45, 2.75) is 43.4 Å². The summed E-state index contributed by atoms with van der Waals surface area (Å²) in [5.74, 6) is -0.157. The number of hydrogen-bond donors (Lipinski definition) is 1. The number of rotatable bonds is 4. The van der Waals surface area contributed by atoms with Gasteiger partial charge in [0.25, 0.3) is 0 Å². The Kier molecular flexibility index (Phi) is 9.10. The highest BCUT2D eigenvalue weighted by atomic mass is 35.5. The molecule has 3 heterocycles. The second kappa shape index (κ2) is 11.0. The van der Waals surface area contributed by atoms with Gasteiger partial charge in [0.05, 0.1) is 11.7 Å². The molecule has 0 aliphatic carbocycles. The van der Waals surface area contributed by atoms with Crippen molar-refractivity contribution in [3.8, 4) is 0 Å². The summed E-state index contributed by atoms with van der Waals surface area (Å²) in [6.45, 7) is 5.97. The Morgan fingerprint density at radius 2 is 1.97 bits per heavy atom. The number of aromatic nitrogens is 2. The van der Waals surface area contributed by atoms with Crippen LogP contribution in [0.25, 0.3) is 0 Å². The fourth-order valence-electron chi connectivity index (χ4n) is 4.18. The molecule has 0 bridgehead atoms. The quantitative estimate of drug-likeness (QED) is 0.684. The number of piperazine rings is 1. The van der Waals surface area contributed by atoms with E-state index in [1.54, 1.807) is 11.2 Å². The van der Waals surface area contributed by atoms with Gasteiger partial charge in [-0.25, -0.2) is 18.7 Å². The lowest BCUT2D eigenvalue weighted by Gasteiger charge is -2.42. The molecule has 1 amide bonds. The summed E-state index contributed by atoms with van der Waals surface area (Å²) in [5.41, 5.74) is 8.90. The Hall–Kier alpha value is -1.68. The molecule has 1 aromatic heterocycles. The van der Waals surface area contributed by atoms with E-state index in [1.807, 2.05) is 11.8 Å². The van der Waals surface area contributed by atoms with Gasteiger partial charge < -0.3 is 15.5 Å². The molecule has 4 rings (SSSR count). The zero-order chi connectivity index (χ0) is 21.4. The molecule has 0 radical (unpaired) electrons. The number of hydrogen-bond acceptors (Lipinski definition) is 6. The molecule has 2 aliphatic rings. The standard InChI is InChI=1S/C21H25F2N5OS.2ClH/c1-12-9-27(21(29)17(24)8-14-3-4-15(22)16(23)7-14)5-6-28(12)20-19-13(2)30-10-18(19)25-11-26-20;;/h3-4,7,11-13,17H,5-6,8-10,24H2,1-2H3;2*1H/t12-,13-,17+;;/m0../s1. The molecule has 1 fully saturated rings. The SMILES string of the molecule is C[C@@H]1SCc2ncnc(N3CCN(C(=O)[C@H](N)Cc4ccc(F)c(F)c4)C[C@@H]3C)c21.Cl.Cl. The lowest BCUT2D eigenvalue weighted by molar-refractivity contribution is -0.133. The number of anilines is 1. The largest absolute Gasteiger partial charge is 0.350 e. The van der Waals surface area contributed by atoms with E-state index in [0.29, 0.717) is 30.4 Å². The topological polar surface area (TPSA) is 75.4 Å². The fraction of sp³-hybridized carbons (Fsp3) is 0.476. The summed E-state index contributed by atoms with van der Waals surface area (Å²) in [4.78, 5) is 25.8. The molecule has 0 spiro atoms. The van der Waals surface area contributed by atoms with Gasteiger partial charge in [0.1, 0.15) is 12.1 Å². The van der Waals surface area contributed by atoms with Crippen LogP contribution in [0.15, 0.2) is 24.5 Å². The summed E-state index contributed by atoms with van der Waals surface area (Å²) in [7, 11) is 0. The van der Waals surface area contributed by atoms with Gasteiger partial charge in [0.15, 0.2) is 11.6 Å². The summed E-state index contributed by atoms with van der Waals surface area (Å²) in [6.07, 6.45) is 1.79. The fourth-order valence-corrected chi connectivity index (χ4v) is 5.23. The van der Waals surface area contributed by atoms with E-state index in [1.165, 1.54) is 11.6 Å². The minimum absolute atomic E-state index is 0. The van der Waals surface area contributed by atoms with Gasteiger partial charge >= 0.3 is 0 Å². The molecule has 11 heteroatoms. The van der Waals surface area contributed by atoms with Crippen molar-refractivity contribution in [3.63, 3.8) is 0 Å². The molecule has 3 atom stereocenters. The number of carbonyl (C=O) groups excluding carboxylic acids is 1. The summed E-state index contributed by atoms with van der Waals surface area (Å²) >= 11 is 1.86. The number of fused-ring (bicyclic) bond motifs is 1. The first-order valence-electron chi connectivity index (χ1n) is 10.1. The average molecular weight is 506 g/mol. The van der Waals surface area contributed by atoms with Crippen molar-refractivity contribution in [1.82, 2.24) is 14.9 Å². The van der Waals surface area contributed by atoms with Crippen molar-refractivity contribution in [1.29, 1.82) is 0 Å². The van der Waals surface area contributed by atoms with E-state index in [0.717, 1.165) is 29.4 Å². The molecule has 1 aromatic carbocycles. The van der Waals surface area contributed by atoms with Crippen molar-refractivity contribution in [2.24, 2.45) is 5.73 Å². The Labute approximate surface area is 203 Å². The molecule has 176 valence electrons. The van der Waals surface area contributed by atoms with Crippen LogP contribution in [-0.2, 0) is 17.0 Å². The first kappa shape index (κ1) is 26.6. The van der Waals surface area contributed by atoms with Crippen molar-refractivity contribution in [2.75, 3.05) is 24.5 Å². The molecule has 2 aliphatic heterocycles. The Bertz CT molecular complexity index is 970. The maximum Gasteiger partial charge on any atom is 0.239 e. The summed E-state index contributed by atoms with van der Waals surface area (Å²) in [6, 6.07) is 2.89. The molecule has 1 saturated heterocycles. The van der Waals surface area contributed by atoms with Gasteiger partial charge in [0, 0.05) is 42.2 Å². The summed E-state index contributed by atoms with van der Waals surface area (Å²) in [5, 5.41) is 0.354. The van der Waals surface area contributed by atoms with Gasteiger partial charge in [-0.05, 0) is 38.0 Å². The molecular weight excluding hydrogens is 479 g/mol. The lowest BCUT2D eigenvalue weighted by atomic mass is 10.0. The monoisotopic (exact) mass is 505 g/mol. The second-order valence-corrected chi connectivity index (χ2v) is 9.23. The summed E-state index contributed by atoms with van der Waals surface area (Å²) < 4.78 is 26.6. The maximum absolute atomic E-state index is 13.4. The van der Waals surface area contributed by atoms with Gasteiger partial charge in [-0.15, -0.1) is 36.6 Å². The maximum atomic E-state index is 13.4. The lowest BCUT2D eigenvalue weighted by Crippen LogP contribution is -2.57. The highest BCUT2D eigenvalue weighted by Gasteiger charge is 2.34. The second-order valence-electron chi connectivity index (χ2n) is 7.90. The van der Waals surface area contributed by atoms with Crippen LogP contribution < -0.4 is 10.6 Å². The predicted octanol–water partition coefficient (Wildman–Crippen LogP) is 3.51. The van der Waals surface area contributed by atoms with E-state index in [2.05, 4.69) is 28.7 Å². The van der Waals surface area contributed by atoms with Crippen LogP contribution in [0.3, 0.4) is 0 Å². The van der Waals surface area contributed by atoms with Crippen LogP contribution in [0, 0.1) is 11.6 Å². The first-order chi connectivity index (χ1) is 14.3. The number of carbonyl (C=O) groups is 1. The van der Waals surface area contributed by atoms with Crippen LogP contribution in [-0.4, -0.2) is 52.5 Å². The molecule has 2 N–H and O–H groups in total. The van der Waals surface area contributed by atoms with E-state index in [4.69, 9.17) is 5.73 Å². The van der Waals surface area contributed by atoms with Crippen LogP contribution in [0.1, 0.15) is 35.9 Å². The minimum atomic E-state index is -0.931. The zero-order valence-electron chi connectivity index (χ0n) is 17.8. The normalized spacial score (nSPS) is 20.8. The van der Waals surface area contributed by atoms with E-state index in [-0.39, 0.29) is 43.2 Å². The number of amides is 1. The van der Waals surface area contributed by atoms with E-state index >= 15 is 0 Å². The predicted molar refractivity (Wildman–Crippen MR) is 128 cm³/mol. The van der Waals surface area contributed by atoms with Gasteiger partial charge in [-0.1, -0.05) is 6.07 Å². The van der Waals surface area contributed by atoms with Crippen LogP contribution in [0.2, 0.25) is 0 Å². The molecule has 6 nitrogen and oxygen atoms in total. The first-order valence-corrected chi connectivity index (χ1v) is 11.1. The third kappa shape index (κ3) is 5.27. The number of nitrogens with zero attached hydrogens (tertiary/aromatic N) is 4. The van der Waals surface area contributed by atoms with Crippen LogP contribution in [0.5, 0.6) is 0 Å². The van der Waals surface area contributed by atoms with Crippen molar-refractivity contribution < 1.29 is 13.6 Å². The minimum Gasteiger partial charge on any atom is -0.350 e. The average Bonchev–Trinajstić information content (AvgIpc) is 3.11. The smallest absolute Gasteiger partial charge is 0.239 e. The highest BCUT2D eigenvalue weighted by molar-refractivity contribution is 7.99. The number of halogens is 4. The third-order valence-electron chi connectivity index (χ3n) is 5.79. The van der Waals surface area contributed by atoms with Crippen molar-refractivity contribution in [3.05, 3.63) is 53.0 Å². The Morgan fingerprint density at radius 3 is 2.66 bits per heavy atom. The highest BCUT2D eigenvalue weighted by Crippen LogP contribution is 2.44. The number of nitrogens with two attached hydrogens (primary N) is 1. The van der Waals surface area contributed by atoms with Crippen LogP contribution in [0.4, 0.5) is 14.6 Å². The number of thioether (sulfide) groups is 1. The zero-order valence-corrected chi connectivity index (χ0v) is 20.3. The van der Waals surface area contributed by atoms with E-state index < -0.39 is 17.7 Å². The van der Waals surface area contributed by atoms with Gasteiger partial charge in [-0.2, -0.15) is 0 Å². The van der Waals surface area contributed by atoms with Crippen molar-refractivity contribution >= 4 is 48.3 Å². The molecular formula is C21H27Cl2F2N5OS. The molecule has 32 heavy (non-hydrogen) atoms. The Balaban J connectivity index is 0.00000181. The third-order valence-corrected chi connectivity index (χ3v) is 6.97. The molecule has 0 saturated carbocycles. The van der Waals surface area contributed by atoms with Gasteiger partial charge in [-0.3, -0.25) is 4.79 Å². The molecule has 0 unspecified atom stereocenters. The molecule has 2 aromatic rings. The Morgan fingerprint density at radius 1 is 1.22 bits per heavy atom.